The van der Waals surface area contributed by atoms with Crippen molar-refractivity contribution in [3.05, 3.63) is 53.0 Å². The van der Waals surface area contributed by atoms with Gasteiger partial charge < -0.3 is 19.2 Å². The van der Waals surface area contributed by atoms with Crippen LogP contribution in [-0.2, 0) is 4.79 Å². The molecule has 3 aromatic rings. The Morgan fingerprint density at radius 1 is 1.23 bits per heavy atom. The lowest BCUT2D eigenvalue weighted by Gasteiger charge is -2.15. The predicted octanol–water partition coefficient (Wildman–Crippen LogP) is 3.20. The zero-order valence-electron chi connectivity index (χ0n) is 14.8. The molecule has 136 valence electrons. The van der Waals surface area contributed by atoms with Gasteiger partial charge in [-0.3, -0.25) is 9.36 Å². The Labute approximate surface area is 150 Å². The van der Waals surface area contributed by atoms with Crippen LogP contribution in [0.1, 0.15) is 19.9 Å². The predicted molar refractivity (Wildman–Crippen MR) is 98.0 cm³/mol. The summed E-state index contributed by atoms with van der Waals surface area (Å²) in [5.41, 5.74) is 1.56. The van der Waals surface area contributed by atoms with E-state index in [0.717, 1.165) is 0 Å². The molecule has 3 rings (SSSR count). The number of hydrogen-bond donors (Lipinski definition) is 1. The molecule has 0 aliphatic rings. The van der Waals surface area contributed by atoms with Crippen molar-refractivity contribution >= 4 is 22.7 Å². The molecule has 0 fully saturated rings. The van der Waals surface area contributed by atoms with Crippen LogP contribution < -0.4 is 20.5 Å². The van der Waals surface area contributed by atoms with Crippen molar-refractivity contribution in [3.63, 3.8) is 0 Å². The molecular weight excluding hydrogens is 336 g/mol. The van der Waals surface area contributed by atoms with E-state index in [2.05, 4.69) is 5.32 Å². The molecule has 1 N–H and O–H groups in total. The average molecular weight is 356 g/mol. The molecule has 0 saturated carbocycles. The van der Waals surface area contributed by atoms with Crippen molar-refractivity contribution in [1.29, 1.82) is 0 Å². The number of nitrogens with zero attached hydrogens (tertiary/aromatic N) is 1. The van der Waals surface area contributed by atoms with Crippen molar-refractivity contribution < 1.29 is 18.7 Å². The average Bonchev–Trinajstić information content (AvgIpc) is 2.98. The van der Waals surface area contributed by atoms with Crippen LogP contribution in [0.25, 0.3) is 11.1 Å². The number of oxazole rings is 1. The molecule has 7 nitrogen and oxygen atoms in total. The minimum absolute atomic E-state index is 0.343. The highest BCUT2D eigenvalue weighted by atomic mass is 16.5. The lowest BCUT2D eigenvalue weighted by atomic mass is 10.2. The highest BCUT2D eigenvalue weighted by Crippen LogP contribution is 2.30. The maximum Gasteiger partial charge on any atom is 0.420 e. The van der Waals surface area contributed by atoms with E-state index in [9.17, 15) is 9.59 Å². The molecule has 2 aromatic carbocycles. The van der Waals surface area contributed by atoms with E-state index in [4.69, 9.17) is 13.9 Å². The second kappa shape index (κ2) is 7.35. The fourth-order valence-corrected chi connectivity index (χ4v) is 2.73. The molecular formula is C19H20N2O5. The van der Waals surface area contributed by atoms with Crippen molar-refractivity contribution in [3.8, 4) is 11.5 Å². The monoisotopic (exact) mass is 356 g/mol. The first-order valence-corrected chi connectivity index (χ1v) is 8.27. The third-order valence-corrected chi connectivity index (χ3v) is 4.02. The van der Waals surface area contributed by atoms with E-state index < -0.39 is 11.8 Å². The highest BCUT2D eigenvalue weighted by molar-refractivity contribution is 5.94. The number of aromatic nitrogens is 1. The van der Waals surface area contributed by atoms with Crippen LogP contribution in [-0.4, -0.2) is 24.2 Å². The van der Waals surface area contributed by atoms with Crippen molar-refractivity contribution in [2.24, 2.45) is 0 Å². The number of fused-ring (bicyclic) bond motifs is 1. The molecule has 1 heterocycles. The van der Waals surface area contributed by atoms with Gasteiger partial charge in [-0.2, -0.15) is 0 Å². The van der Waals surface area contributed by atoms with Crippen LogP contribution in [0.2, 0.25) is 0 Å². The van der Waals surface area contributed by atoms with Crippen LogP contribution in [0.5, 0.6) is 11.5 Å². The number of hydrogen-bond acceptors (Lipinski definition) is 5. The fraction of sp³-hybridized carbons (Fsp3) is 0.263. The fourth-order valence-electron chi connectivity index (χ4n) is 2.73. The Morgan fingerprint density at radius 2 is 2.00 bits per heavy atom. The zero-order valence-corrected chi connectivity index (χ0v) is 14.8. The largest absolute Gasteiger partial charge is 0.493 e. The quantitative estimate of drug-likeness (QED) is 0.733. The molecule has 1 aromatic heterocycles. The molecule has 0 spiro atoms. The van der Waals surface area contributed by atoms with Crippen LogP contribution in [0.4, 0.5) is 5.69 Å². The van der Waals surface area contributed by atoms with E-state index in [1.165, 1.54) is 11.7 Å². The number of rotatable bonds is 6. The first kappa shape index (κ1) is 17.6. The molecule has 26 heavy (non-hydrogen) atoms. The molecule has 0 bridgehead atoms. The van der Waals surface area contributed by atoms with Gasteiger partial charge in [0.2, 0.25) is 5.91 Å². The summed E-state index contributed by atoms with van der Waals surface area (Å²) in [6.45, 7) is 4.03. The number of ether oxygens (including phenoxy) is 2. The van der Waals surface area contributed by atoms with Gasteiger partial charge in [0.05, 0.1) is 19.2 Å². The topological polar surface area (TPSA) is 82.7 Å². The molecule has 7 heteroatoms. The number of para-hydroxylation sites is 2. The summed E-state index contributed by atoms with van der Waals surface area (Å²) in [5, 5.41) is 2.79. The van der Waals surface area contributed by atoms with Gasteiger partial charge in [0, 0.05) is 11.8 Å². The second-order valence-corrected chi connectivity index (χ2v) is 5.67. The first-order chi connectivity index (χ1) is 12.5. The third kappa shape index (κ3) is 3.28. The van der Waals surface area contributed by atoms with E-state index in [1.807, 2.05) is 6.92 Å². The van der Waals surface area contributed by atoms with E-state index >= 15 is 0 Å². The van der Waals surface area contributed by atoms with Gasteiger partial charge in [-0.25, -0.2) is 4.79 Å². The minimum Gasteiger partial charge on any atom is -0.493 e. The van der Waals surface area contributed by atoms with Crippen LogP contribution in [0, 0.1) is 0 Å². The van der Waals surface area contributed by atoms with Gasteiger partial charge in [0.1, 0.15) is 6.04 Å². The van der Waals surface area contributed by atoms with Gasteiger partial charge in [0.15, 0.2) is 17.1 Å². The first-order valence-electron chi connectivity index (χ1n) is 8.27. The SMILES string of the molecule is CCOc1ccc(NC(=O)C(C)n2c(=O)oc3ccccc32)cc1OC. The van der Waals surface area contributed by atoms with Gasteiger partial charge in [-0.05, 0) is 38.1 Å². The van der Waals surface area contributed by atoms with Gasteiger partial charge in [-0.15, -0.1) is 0 Å². The molecule has 1 atom stereocenters. The molecule has 0 aliphatic carbocycles. The Hall–Kier alpha value is -3.22. The Bertz CT molecular complexity index is 989. The van der Waals surface area contributed by atoms with Crippen LogP contribution >= 0.6 is 0 Å². The lowest BCUT2D eigenvalue weighted by molar-refractivity contribution is -0.118. The maximum atomic E-state index is 12.6. The van der Waals surface area contributed by atoms with E-state index in [1.54, 1.807) is 49.4 Å². The molecule has 0 radical (unpaired) electrons. The molecule has 1 amide bonds. The third-order valence-electron chi connectivity index (χ3n) is 4.02. The number of benzene rings is 2. The van der Waals surface area contributed by atoms with Crippen molar-refractivity contribution in [2.45, 2.75) is 19.9 Å². The summed E-state index contributed by atoms with van der Waals surface area (Å²) in [4.78, 5) is 24.8. The number of methoxy groups -OCH3 is 1. The van der Waals surface area contributed by atoms with Crippen molar-refractivity contribution in [2.75, 3.05) is 19.0 Å². The number of carbonyl (C=O) groups excluding carboxylic acids is 1. The number of anilines is 1. The zero-order chi connectivity index (χ0) is 18.7. The Morgan fingerprint density at radius 3 is 2.73 bits per heavy atom. The number of amides is 1. The van der Waals surface area contributed by atoms with Gasteiger partial charge in [0.25, 0.3) is 0 Å². The maximum absolute atomic E-state index is 12.6. The summed E-state index contributed by atoms with van der Waals surface area (Å²) < 4.78 is 17.3. The smallest absolute Gasteiger partial charge is 0.420 e. The summed E-state index contributed by atoms with van der Waals surface area (Å²) in [6.07, 6.45) is 0. The molecule has 0 aliphatic heterocycles. The molecule has 0 saturated heterocycles. The summed E-state index contributed by atoms with van der Waals surface area (Å²) in [7, 11) is 1.53. The summed E-state index contributed by atoms with van der Waals surface area (Å²) >= 11 is 0. The van der Waals surface area contributed by atoms with Gasteiger partial charge >= 0.3 is 5.76 Å². The minimum atomic E-state index is -0.747. The van der Waals surface area contributed by atoms with E-state index in [0.29, 0.717) is 34.9 Å². The lowest BCUT2D eigenvalue weighted by Crippen LogP contribution is -2.29. The molecule has 1 unspecified atom stereocenters. The second-order valence-electron chi connectivity index (χ2n) is 5.67. The Kier molecular flexibility index (Phi) is 4.97. The Balaban J connectivity index is 1.85. The van der Waals surface area contributed by atoms with Crippen molar-refractivity contribution in [1.82, 2.24) is 4.57 Å². The summed E-state index contributed by atoms with van der Waals surface area (Å²) in [5.74, 6) is 0.198. The van der Waals surface area contributed by atoms with Crippen LogP contribution in [0.15, 0.2) is 51.7 Å². The summed E-state index contributed by atoms with van der Waals surface area (Å²) in [6, 6.07) is 11.4. The normalized spacial score (nSPS) is 12.0. The number of nitrogens with one attached hydrogen (secondary N) is 1. The van der Waals surface area contributed by atoms with E-state index in [-0.39, 0.29) is 5.91 Å². The van der Waals surface area contributed by atoms with Gasteiger partial charge in [-0.1, -0.05) is 12.1 Å². The standard InChI is InChI=1S/C19H20N2O5/c1-4-25-16-10-9-13(11-17(16)24-3)20-18(22)12(2)21-14-7-5-6-8-15(14)26-19(21)23/h5-12H,4H2,1-3H3,(H,20,22). The number of carbonyl (C=O) groups is 1. The highest BCUT2D eigenvalue weighted by Gasteiger charge is 2.21. The van der Waals surface area contributed by atoms with Crippen LogP contribution in [0.3, 0.4) is 0 Å².